The van der Waals surface area contributed by atoms with Gasteiger partial charge in [0, 0.05) is 21.7 Å². The van der Waals surface area contributed by atoms with Crippen LogP contribution in [0.1, 0.15) is 20.8 Å². The number of hydrogen-bond donors (Lipinski definition) is 1. The number of thiophene rings is 1. The first-order chi connectivity index (χ1) is 15.4. The van der Waals surface area contributed by atoms with E-state index in [0.717, 1.165) is 17.7 Å². The molecule has 0 fully saturated rings. The standard InChI is InChI=1S/C21H14Cl2F2N4O2S/c22-14-2-1-13(16(23)6-14)8-29-11-26-21(28-29)27-20(30)19-5-12(10-32-19)9-31-18-4-3-15(24)7-17(18)25/h1-7,10-11H,8-9H2,(H,27,28,30). The summed E-state index contributed by atoms with van der Waals surface area (Å²) in [5.41, 5.74) is 1.47. The lowest BCUT2D eigenvalue weighted by Crippen LogP contribution is -2.12. The number of amides is 1. The summed E-state index contributed by atoms with van der Waals surface area (Å²) < 4.78 is 33.5. The average Bonchev–Trinajstić information content (AvgIpc) is 3.39. The van der Waals surface area contributed by atoms with Crippen LogP contribution in [0.4, 0.5) is 14.7 Å². The summed E-state index contributed by atoms with van der Waals surface area (Å²) in [6.45, 7) is 0.389. The van der Waals surface area contributed by atoms with Crippen LogP contribution in [0, 0.1) is 11.6 Å². The Hall–Kier alpha value is -3.01. The topological polar surface area (TPSA) is 69.0 Å². The molecule has 2 heterocycles. The second-order valence-electron chi connectivity index (χ2n) is 6.64. The van der Waals surface area contributed by atoms with Crippen molar-refractivity contribution in [3.05, 3.63) is 91.9 Å². The Morgan fingerprint density at radius 2 is 2.00 bits per heavy atom. The molecule has 32 heavy (non-hydrogen) atoms. The van der Waals surface area contributed by atoms with Gasteiger partial charge in [0.1, 0.15) is 18.8 Å². The van der Waals surface area contributed by atoms with E-state index in [2.05, 4.69) is 15.4 Å². The third-order valence-electron chi connectivity index (χ3n) is 4.28. The monoisotopic (exact) mass is 494 g/mol. The molecule has 0 spiro atoms. The highest BCUT2D eigenvalue weighted by atomic mass is 35.5. The molecule has 0 atom stereocenters. The number of nitrogens with one attached hydrogen (secondary N) is 1. The summed E-state index contributed by atoms with van der Waals surface area (Å²) in [6.07, 6.45) is 1.48. The van der Waals surface area contributed by atoms with Gasteiger partial charge in [-0.25, -0.2) is 18.4 Å². The number of rotatable bonds is 7. The molecule has 1 N–H and O–H groups in total. The number of ether oxygens (including phenoxy) is 1. The molecule has 2 aromatic heterocycles. The van der Waals surface area contributed by atoms with Crippen LogP contribution in [0.2, 0.25) is 10.0 Å². The van der Waals surface area contributed by atoms with E-state index in [1.165, 1.54) is 28.4 Å². The smallest absolute Gasteiger partial charge is 0.268 e. The van der Waals surface area contributed by atoms with Crippen molar-refractivity contribution in [3.8, 4) is 5.75 Å². The van der Waals surface area contributed by atoms with Crippen molar-refractivity contribution >= 4 is 46.4 Å². The van der Waals surface area contributed by atoms with E-state index < -0.39 is 17.5 Å². The van der Waals surface area contributed by atoms with Gasteiger partial charge < -0.3 is 4.74 Å². The van der Waals surface area contributed by atoms with Crippen molar-refractivity contribution in [1.82, 2.24) is 14.8 Å². The summed E-state index contributed by atoms with van der Waals surface area (Å²) >= 11 is 13.3. The summed E-state index contributed by atoms with van der Waals surface area (Å²) in [5, 5.41) is 9.60. The molecule has 1 amide bonds. The van der Waals surface area contributed by atoms with E-state index in [9.17, 15) is 13.6 Å². The lowest BCUT2D eigenvalue weighted by Gasteiger charge is -2.05. The summed E-state index contributed by atoms with van der Waals surface area (Å²) in [4.78, 5) is 17.0. The second-order valence-corrected chi connectivity index (χ2v) is 8.39. The molecular formula is C21H14Cl2F2N4O2S. The Bertz CT molecular complexity index is 1280. The minimum absolute atomic E-state index is 0.0288. The quantitative estimate of drug-likeness (QED) is 0.352. The molecule has 0 aliphatic heterocycles. The Morgan fingerprint density at radius 3 is 2.78 bits per heavy atom. The molecule has 11 heteroatoms. The fraction of sp³-hybridized carbons (Fsp3) is 0.0952. The SMILES string of the molecule is O=C(Nc1ncn(Cc2ccc(Cl)cc2Cl)n1)c1cc(COc2ccc(F)cc2F)cs1. The largest absolute Gasteiger partial charge is 0.486 e. The summed E-state index contributed by atoms with van der Waals surface area (Å²) in [6, 6.07) is 9.84. The van der Waals surface area contributed by atoms with Crippen LogP contribution in [0.3, 0.4) is 0 Å². The van der Waals surface area contributed by atoms with Crippen LogP contribution in [-0.2, 0) is 13.2 Å². The molecule has 0 aliphatic carbocycles. The van der Waals surface area contributed by atoms with Gasteiger partial charge in [0.2, 0.25) is 5.95 Å². The van der Waals surface area contributed by atoms with Crippen molar-refractivity contribution < 1.29 is 18.3 Å². The number of anilines is 1. The first-order valence-electron chi connectivity index (χ1n) is 9.17. The first-order valence-corrected chi connectivity index (χ1v) is 10.8. The Kier molecular flexibility index (Phi) is 6.69. The molecule has 0 unspecified atom stereocenters. The van der Waals surface area contributed by atoms with Crippen LogP contribution in [0.25, 0.3) is 0 Å². The normalized spacial score (nSPS) is 10.9. The first kappa shape index (κ1) is 22.2. The zero-order valence-corrected chi connectivity index (χ0v) is 18.5. The fourth-order valence-corrected chi connectivity index (χ4v) is 4.00. The van der Waals surface area contributed by atoms with E-state index in [1.54, 1.807) is 29.6 Å². The van der Waals surface area contributed by atoms with Crippen LogP contribution in [-0.4, -0.2) is 20.7 Å². The van der Waals surface area contributed by atoms with Gasteiger partial charge >= 0.3 is 0 Å². The molecule has 4 rings (SSSR count). The lowest BCUT2D eigenvalue weighted by molar-refractivity contribution is 0.102. The van der Waals surface area contributed by atoms with Gasteiger partial charge in [0.05, 0.1) is 11.4 Å². The second kappa shape index (κ2) is 9.64. The molecule has 0 saturated carbocycles. The maximum atomic E-state index is 13.7. The summed E-state index contributed by atoms with van der Waals surface area (Å²) in [5.74, 6) is -1.80. The van der Waals surface area contributed by atoms with Gasteiger partial charge in [-0.1, -0.05) is 29.3 Å². The maximum Gasteiger partial charge on any atom is 0.268 e. The molecule has 0 radical (unpaired) electrons. The Balaban J connectivity index is 1.35. The van der Waals surface area contributed by atoms with Crippen molar-refractivity contribution in [3.63, 3.8) is 0 Å². The van der Waals surface area contributed by atoms with Gasteiger partial charge in [-0.2, -0.15) is 0 Å². The van der Waals surface area contributed by atoms with Crippen molar-refractivity contribution in [2.45, 2.75) is 13.2 Å². The highest BCUT2D eigenvalue weighted by Gasteiger charge is 2.13. The van der Waals surface area contributed by atoms with Gasteiger partial charge in [-0.3, -0.25) is 10.1 Å². The predicted octanol–water partition coefficient (Wildman–Crippen LogP) is 5.80. The molecule has 0 saturated heterocycles. The molecule has 0 aliphatic rings. The summed E-state index contributed by atoms with van der Waals surface area (Å²) in [7, 11) is 0. The van der Waals surface area contributed by atoms with Crippen LogP contribution >= 0.6 is 34.5 Å². The van der Waals surface area contributed by atoms with Gasteiger partial charge in [0.25, 0.3) is 5.91 Å². The Morgan fingerprint density at radius 1 is 1.16 bits per heavy atom. The number of benzene rings is 2. The van der Waals surface area contributed by atoms with Crippen LogP contribution in [0.15, 0.2) is 54.2 Å². The van der Waals surface area contributed by atoms with E-state index in [4.69, 9.17) is 27.9 Å². The molecular weight excluding hydrogens is 481 g/mol. The lowest BCUT2D eigenvalue weighted by atomic mass is 10.2. The number of carbonyl (C=O) groups excluding carboxylic acids is 1. The van der Waals surface area contributed by atoms with Gasteiger partial charge in [-0.15, -0.1) is 16.4 Å². The minimum atomic E-state index is -0.792. The van der Waals surface area contributed by atoms with Crippen molar-refractivity contribution in [2.75, 3.05) is 5.32 Å². The third-order valence-corrected chi connectivity index (χ3v) is 5.84. The highest BCUT2D eigenvalue weighted by molar-refractivity contribution is 7.12. The zero-order chi connectivity index (χ0) is 22.7. The molecule has 164 valence electrons. The van der Waals surface area contributed by atoms with E-state index >= 15 is 0 Å². The number of aromatic nitrogens is 3. The number of halogens is 4. The maximum absolute atomic E-state index is 13.7. The van der Waals surface area contributed by atoms with Crippen LogP contribution < -0.4 is 10.1 Å². The van der Waals surface area contributed by atoms with E-state index in [0.29, 0.717) is 27.0 Å². The molecule has 0 bridgehead atoms. The minimum Gasteiger partial charge on any atom is -0.486 e. The Labute approximate surface area is 195 Å². The highest BCUT2D eigenvalue weighted by Crippen LogP contribution is 2.23. The van der Waals surface area contributed by atoms with E-state index in [-0.39, 0.29) is 18.3 Å². The molecule has 4 aromatic rings. The zero-order valence-electron chi connectivity index (χ0n) is 16.2. The predicted molar refractivity (Wildman–Crippen MR) is 119 cm³/mol. The average molecular weight is 495 g/mol. The van der Waals surface area contributed by atoms with Crippen molar-refractivity contribution in [1.29, 1.82) is 0 Å². The fourth-order valence-electron chi connectivity index (χ4n) is 2.74. The van der Waals surface area contributed by atoms with Gasteiger partial charge in [0.15, 0.2) is 11.6 Å². The number of nitrogens with zero attached hydrogens (tertiary/aromatic N) is 3. The number of carbonyl (C=O) groups is 1. The number of hydrogen-bond acceptors (Lipinski definition) is 5. The molecule has 6 nitrogen and oxygen atoms in total. The van der Waals surface area contributed by atoms with Crippen LogP contribution in [0.5, 0.6) is 5.75 Å². The van der Waals surface area contributed by atoms with E-state index in [1.807, 2.05) is 0 Å². The van der Waals surface area contributed by atoms with Gasteiger partial charge in [-0.05, 0) is 41.3 Å². The van der Waals surface area contributed by atoms with Crippen molar-refractivity contribution in [2.24, 2.45) is 0 Å². The molecule has 2 aromatic carbocycles. The third kappa shape index (κ3) is 5.42.